The predicted molar refractivity (Wildman–Crippen MR) is 80.7 cm³/mol. The summed E-state index contributed by atoms with van der Waals surface area (Å²) in [6.45, 7) is 7.45. The van der Waals surface area contributed by atoms with Gasteiger partial charge >= 0.3 is 6.03 Å². The Hall–Kier alpha value is -0.770. The van der Waals surface area contributed by atoms with Gasteiger partial charge in [0.05, 0.1) is 0 Å². The Morgan fingerprint density at radius 2 is 1.95 bits per heavy atom. The van der Waals surface area contributed by atoms with Crippen LogP contribution in [0.25, 0.3) is 0 Å². The molecule has 4 nitrogen and oxygen atoms in total. The van der Waals surface area contributed by atoms with Crippen LogP contribution in [0.4, 0.5) is 4.79 Å². The molecule has 2 aliphatic heterocycles. The Labute approximate surface area is 122 Å². The minimum atomic E-state index is 0.331. The maximum absolute atomic E-state index is 12.8. The van der Waals surface area contributed by atoms with E-state index in [1.165, 1.54) is 38.5 Å². The zero-order chi connectivity index (χ0) is 13.9. The van der Waals surface area contributed by atoms with Crippen molar-refractivity contribution in [2.75, 3.05) is 32.7 Å². The van der Waals surface area contributed by atoms with Crippen molar-refractivity contribution in [2.24, 2.45) is 11.8 Å². The average molecular weight is 279 g/mol. The molecule has 20 heavy (non-hydrogen) atoms. The number of hydrogen-bond donors (Lipinski definition) is 1. The monoisotopic (exact) mass is 279 g/mol. The van der Waals surface area contributed by atoms with Gasteiger partial charge in [-0.05, 0) is 63.5 Å². The average Bonchev–Trinajstić information content (AvgIpc) is 3.30. The van der Waals surface area contributed by atoms with Crippen molar-refractivity contribution >= 4 is 6.03 Å². The highest BCUT2D eigenvalue weighted by molar-refractivity contribution is 5.75. The second-order valence-electron chi connectivity index (χ2n) is 7.05. The first-order valence-corrected chi connectivity index (χ1v) is 8.50. The van der Waals surface area contributed by atoms with Gasteiger partial charge in [-0.3, -0.25) is 0 Å². The number of amides is 2. The van der Waals surface area contributed by atoms with Crippen LogP contribution in [0, 0.1) is 11.8 Å². The van der Waals surface area contributed by atoms with E-state index in [9.17, 15) is 4.79 Å². The molecule has 0 spiro atoms. The molecule has 0 radical (unpaired) electrons. The third kappa shape index (κ3) is 3.46. The van der Waals surface area contributed by atoms with Crippen molar-refractivity contribution in [1.29, 1.82) is 0 Å². The minimum Gasteiger partial charge on any atom is -0.324 e. The normalized spacial score (nSPS) is 28.4. The van der Waals surface area contributed by atoms with Gasteiger partial charge < -0.3 is 15.1 Å². The van der Waals surface area contributed by atoms with Gasteiger partial charge in [0.25, 0.3) is 0 Å². The van der Waals surface area contributed by atoms with Crippen LogP contribution in [-0.2, 0) is 0 Å². The lowest BCUT2D eigenvalue weighted by molar-refractivity contribution is 0.118. The van der Waals surface area contributed by atoms with E-state index in [0.29, 0.717) is 23.9 Å². The highest BCUT2D eigenvalue weighted by Gasteiger charge is 2.37. The van der Waals surface area contributed by atoms with Crippen LogP contribution in [0.1, 0.15) is 45.4 Å². The number of nitrogens with one attached hydrogen (secondary N) is 1. The topological polar surface area (TPSA) is 35.6 Å². The van der Waals surface area contributed by atoms with Gasteiger partial charge in [-0.25, -0.2) is 4.79 Å². The smallest absolute Gasteiger partial charge is 0.320 e. The summed E-state index contributed by atoms with van der Waals surface area (Å²) >= 11 is 0. The number of carbonyl (C=O) groups is 1. The van der Waals surface area contributed by atoms with E-state index >= 15 is 0 Å². The Morgan fingerprint density at radius 3 is 2.60 bits per heavy atom. The molecular formula is C16H29N3O. The van der Waals surface area contributed by atoms with Crippen molar-refractivity contribution in [3.05, 3.63) is 0 Å². The first-order valence-electron chi connectivity index (χ1n) is 8.50. The van der Waals surface area contributed by atoms with Gasteiger partial charge in [0.15, 0.2) is 0 Å². The molecule has 3 fully saturated rings. The maximum Gasteiger partial charge on any atom is 0.320 e. The lowest BCUT2D eigenvalue weighted by atomic mass is 9.97. The molecule has 1 atom stereocenters. The van der Waals surface area contributed by atoms with E-state index in [4.69, 9.17) is 0 Å². The Bertz CT molecular complexity index is 337. The molecule has 114 valence electrons. The molecular weight excluding hydrogens is 250 g/mol. The molecule has 3 rings (SSSR count). The van der Waals surface area contributed by atoms with E-state index in [-0.39, 0.29) is 0 Å². The summed E-state index contributed by atoms with van der Waals surface area (Å²) in [4.78, 5) is 17.2. The van der Waals surface area contributed by atoms with Gasteiger partial charge in [-0.2, -0.15) is 0 Å². The van der Waals surface area contributed by atoms with Crippen LogP contribution in [0.15, 0.2) is 0 Å². The summed E-state index contributed by atoms with van der Waals surface area (Å²) in [6, 6.07) is 0.882. The standard InChI is InChI=1S/C16H29N3O/c1-13-3-2-10-18(11-13)16(20)19(15-4-5-15)12-14-6-8-17-9-7-14/h13-15,17H,2-12H2,1H3. The van der Waals surface area contributed by atoms with Crippen LogP contribution >= 0.6 is 0 Å². The minimum absolute atomic E-state index is 0.331. The van der Waals surface area contributed by atoms with Crippen LogP contribution in [-0.4, -0.2) is 54.6 Å². The maximum atomic E-state index is 12.8. The fraction of sp³-hybridized carbons (Fsp3) is 0.938. The first-order chi connectivity index (χ1) is 9.74. The van der Waals surface area contributed by atoms with E-state index in [2.05, 4.69) is 22.0 Å². The summed E-state index contributed by atoms with van der Waals surface area (Å²) in [7, 11) is 0. The van der Waals surface area contributed by atoms with Crippen molar-refractivity contribution in [3.8, 4) is 0 Å². The summed E-state index contributed by atoms with van der Waals surface area (Å²) in [6.07, 6.45) is 7.36. The zero-order valence-corrected chi connectivity index (χ0v) is 12.8. The van der Waals surface area contributed by atoms with Crippen molar-refractivity contribution in [2.45, 2.75) is 51.5 Å². The number of nitrogens with zero attached hydrogens (tertiary/aromatic N) is 2. The van der Waals surface area contributed by atoms with Gasteiger partial charge in [0, 0.05) is 25.7 Å². The van der Waals surface area contributed by atoms with Crippen LogP contribution < -0.4 is 5.32 Å². The number of hydrogen-bond acceptors (Lipinski definition) is 2. The highest BCUT2D eigenvalue weighted by Crippen LogP contribution is 2.31. The predicted octanol–water partition coefficient (Wildman–Crippen LogP) is 2.30. The molecule has 1 saturated carbocycles. The zero-order valence-electron chi connectivity index (χ0n) is 12.8. The SMILES string of the molecule is CC1CCCN(C(=O)N(CC2CCNCC2)C2CC2)C1. The van der Waals surface area contributed by atoms with Crippen LogP contribution in [0.5, 0.6) is 0 Å². The fourth-order valence-electron chi connectivity index (χ4n) is 3.66. The van der Waals surface area contributed by atoms with E-state index in [1.54, 1.807) is 0 Å². The molecule has 0 aromatic rings. The lowest BCUT2D eigenvalue weighted by Crippen LogP contribution is -2.50. The Morgan fingerprint density at radius 1 is 1.20 bits per heavy atom. The van der Waals surface area contributed by atoms with E-state index in [1.807, 2.05) is 0 Å². The van der Waals surface area contributed by atoms with Gasteiger partial charge in [-0.15, -0.1) is 0 Å². The molecule has 0 aromatic heterocycles. The Balaban J connectivity index is 1.59. The Kier molecular flexibility index (Phi) is 4.49. The molecule has 1 aliphatic carbocycles. The largest absolute Gasteiger partial charge is 0.324 e. The van der Waals surface area contributed by atoms with Crippen molar-refractivity contribution < 1.29 is 4.79 Å². The fourth-order valence-corrected chi connectivity index (χ4v) is 3.66. The number of urea groups is 1. The molecule has 1 N–H and O–H groups in total. The quantitative estimate of drug-likeness (QED) is 0.860. The third-order valence-corrected chi connectivity index (χ3v) is 5.07. The number of likely N-dealkylation sites (tertiary alicyclic amines) is 1. The molecule has 3 aliphatic rings. The van der Waals surface area contributed by atoms with Gasteiger partial charge in [0.1, 0.15) is 0 Å². The molecule has 2 heterocycles. The molecule has 2 amide bonds. The van der Waals surface area contributed by atoms with Crippen LogP contribution in [0.3, 0.4) is 0 Å². The molecule has 4 heteroatoms. The number of piperidine rings is 2. The summed E-state index contributed by atoms with van der Waals surface area (Å²) in [5, 5.41) is 3.42. The second-order valence-corrected chi connectivity index (χ2v) is 7.05. The summed E-state index contributed by atoms with van der Waals surface area (Å²) < 4.78 is 0. The molecule has 0 aromatic carbocycles. The summed E-state index contributed by atoms with van der Waals surface area (Å²) in [5.74, 6) is 1.38. The third-order valence-electron chi connectivity index (χ3n) is 5.07. The van der Waals surface area contributed by atoms with Crippen LogP contribution in [0.2, 0.25) is 0 Å². The van der Waals surface area contributed by atoms with E-state index < -0.39 is 0 Å². The van der Waals surface area contributed by atoms with Crippen molar-refractivity contribution in [3.63, 3.8) is 0 Å². The number of rotatable bonds is 3. The first kappa shape index (κ1) is 14.2. The molecule has 2 saturated heterocycles. The summed E-state index contributed by atoms with van der Waals surface area (Å²) in [5.41, 5.74) is 0. The van der Waals surface area contributed by atoms with Gasteiger partial charge in [0.2, 0.25) is 0 Å². The molecule has 0 bridgehead atoms. The molecule has 1 unspecified atom stereocenters. The van der Waals surface area contributed by atoms with Crippen molar-refractivity contribution in [1.82, 2.24) is 15.1 Å². The second kappa shape index (κ2) is 6.33. The van der Waals surface area contributed by atoms with Gasteiger partial charge in [-0.1, -0.05) is 6.92 Å². The highest BCUT2D eigenvalue weighted by atomic mass is 16.2. The lowest BCUT2D eigenvalue weighted by Gasteiger charge is -2.37. The van der Waals surface area contributed by atoms with E-state index in [0.717, 1.165) is 32.7 Å². The number of carbonyl (C=O) groups excluding carboxylic acids is 1.